The quantitative estimate of drug-likeness (QED) is 0.848. The molecule has 2 aromatic carbocycles. The van der Waals surface area contributed by atoms with Gasteiger partial charge in [-0.15, -0.1) is 0 Å². The molecule has 0 amide bonds. The maximum absolute atomic E-state index is 14.4. The van der Waals surface area contributed by atoms with Gasteiger partial charge in [0, 0.05) is 12.1 Å². The van der Waals surface area contributed by atoms with Gasteiger partial charge in [-0.05, 0) is 36.8 Å². The Morgan fingerprint density at radius 2 is 2.00 bits per heavy atom. The summed E-state index contributed by atoms with van der Waals surface area (Å²) in [5, 5.41) is 9.97. The van der Waals surface area contributed by atoms with Crippen LogP contribution in [0.25, 0.3) is 11.1 Å². The third-order valence-electron chi connectivity index (χ3n) is 3.29. The number of sulfonamides is 1. The van der Waals surface area contributed by atoms with Gasteiger partial charge in [0.25, 0.3) is 0 Å². The number of ether oxygens (including phenoxy) is 1. The maximum atomic E-state index is 14.4. The molecule has 2 N–H and O–H groups in total. The number of halogens is 1. The highest BCUT2D eigenvalue weighted by Crippen LogP contribution is 2.39. The first-order valence-corrected chi connectivity index (χ1v) is 8.54. The second kappa shape index (κ2) is 6.97. The Morgan fingerprint density at radius 3 is 2.61 bits per heavy atom. The molecule has 0 aliphatic carbocycles. The van der Waals surface area contributed by atoms with E-state index in [4.69, 9.17) is 4.74 Å². The summed E-state index contributed by atoms with van der Waals surface area (Å²) < 4.78 is 46.0. The highest BCUT2D eigenvalue weighted by atomic mass is 32.2. The zero-order chi connectivity index (χ0) is 17.0. The van der Waals surface area contributed by atoms with Crippen LogP contribution in [0, 0.1) is 5.82 Å². The topological polar surface area (TPSA) is 75.6 Å². The summed E-state index contributed by atoms with van der Waals surface area (Å²) in [4.78, 5) is -0.165. The predicted octanol–water partition coefficient (Wildman–Crippen LogP) is 2.90. The van der Waals surface area contributed by atoms with Crippen molar-refractivity contribution in [3.05, 3.63) is 42.2 Å². The van der Waals surface area contributed by atoms with E-state index in [1.807, 2.05) is 6.92 Å². The van der Waals surface area contributed by atoms with Crippen molar-refractivity contribution >= 4 is 10.0 Å². The molecule has 0 saturated carbocycles. The Labute approximate surface area is 134 Å². The molecule has 2 aromatic rings. The molecule has 124 valence electrons. The van der Waals surface area contributed by atoms with Crippen molar-refractivity contribution in [2.75, 3.05) is 13.7 Å². The molecule has 0 spiro atoms. The van der Waals surface area contributed by atoms with Gasteiger partial charge in [0.2, 0.25) is 10.0 Å². The maximum Gasteiger partial charge on any atom is 0.240 e. The molecule has 0 aromatic heterocycles. The molecular weight excluding hydrogens is 321 g/mol. The number of rotatable bonds is 6. The molecule has 0 aliphatic heterocycles. The zero-order valence-corrected chi connectivity index (χ0v) is 13.7. The van der Waals surface area contributed by atoms with E-state index in [1.165, 1.54) is 25.3 Å². The van der Waals surface area contributed by atoms with Gasteiger partial charge in [-0.25, -0.2) is 17.5 Å². The van der Waals surface area contributed by atoms with Gasteiger partial charge in [-0.2, -0.15) is 0 Å². The van der Waals surface area contributed by atoms with E-state index in [9.17, 15) is 17.9 Å². The molecule has 23 heavy (non-hydrogen) atoms. The lowest BCUT2D eigenvalue weighted by atomic mass is 10.0. The second-order valence-electron chi connectivity index (χ2n) is 4.89. The Morgan fingerprint density at radius 1 is 1.26 bits per heavy atom. The number of phenols is 1. The minimum absolute atomic E-state index is 0.0643. The Kier molecular flexibility index (Phi) is 5.23. The summed E-state index contributed by atoms with van der Waals surface area (Å²) >= 11 is 0. The van der Waals surface area contributed by atoms with E-state index in [0.29, 0.717) is 12.2 Å². The number of hydrogen-bond donors (Lipinski definition) is 2. The zero-order valence-electron chi connectivity index (χ0n) is 12.8. The van der Waals surface area contributed by atoms with Gasteiger partial charge in [-0.1, -0.05) is 13.0 Å². The lowest BCUT2D eigenvalue weighted by molar-refractivity contribution is 0.410. The van der Waals surface area contributed by atoms with E-state index >= 15 is 0 Å². The van der Waals surface area contributed by atoms with Crippen molar-refractivity contribution < 1.29 is 22.7 Å². The van der Waals surface area contributed by atoms with Crippen LogP contribution in [0.2, 0.25) is 0 Å². The fourth-order valence-corrected chi connectivity index (χ4v) is 3.29. The van der Waals surface area contributed by atoms with E-state index < -0.39 is 15.8 Å². The molecule has 0 heterocycles. The normalized spacial score (nSPS) is 11.4. The molecule has 5 nitrogen and oxygen atoms in total. The van der Waals surface area contributed by atoms with Gasteiger partial charge < -0.3 is 9.84 Å². The number of aromatic hydroxyl groups is 1. The van der Waals surface area contributed by atoms with Crippen molar-refractivity contribution in [2.24, 2.45) is 0 Å². The Balaban J connectivity index is 2.50. The molecule has 0 bridgehead atoms. The second-order valence-corrected chi connectivity index (χ2v) is 6.66. The number of methoxy groups -OCH3 is 1. The first-order chi connectivity index (χ1) is 10.9. The summed E-state index contributed by atoms with van der Waals surface area (Å²) in [5.41, 5.74) is 0.243. The van der Waals surface area contributed by atoms with Gasteiger partial charge >= 0.3 is 0 Å². The van der Waals surface area contributed by atoms with Crippen molar-refractivity contribution in [3.8, 4) is 22.6 Å². The lowest BCUT2D eigenvalue weighted by Crippen LogP contribution is -2.24. The van der Waals surface area contributed by atoms with Crippen LogP contribution in [0.4, 0.5) is 4.39 Å². The largest absolute Gasteiger partial charge is 0.507 e. The van der Waals surface area contributed by atoms with Crippen LogP contribution in [-0.2, 0) is 10.0 Å². The van der Waals surface area contributed by atoms with Crippen LogP contribution in [-0.4, -0.2) is 27.2 Å². The van der Waals surface area contributed by atoms with Crippen LogP contribution in [0.1, 0.15) is 13.3 Å². The smallest absolute Gasteiger partial charge is 0.240 e. The molecule has 0 fully saturated rings. The lowest BCUT2D eigenvalue weighted by Gasteiger charge is -2.12. The number of hydrogen-bond acceptors (Lipinski definition) is 4. The number of benzene rings is 2. The van der Waals surface area contributed by atoms with E-state index in [2.05, 4.69) is 4.72 Å². The van der Waals surface area contributed by atoms with Crippen molar-refractivity contribution in [2.45, 2.75) is 18.2 Å². The van der Waals surface area contributed by atoms with Crippen LogP contribution in [0.15, 0.2) is 41.3 Å². The first kappa shape index (κ1) is 17.2. The van der Waals surface area contributed by atoms with Crippen LogP contribution in [0.5, 0.6) is 11.5 Å². The third kappa shape index (κ3) is 3.62. The standard InChI is InChI=1S/C16H18FNO4S/c1-3-9-18-23(20,21)11-7-8-12(13(17)10-11)16-14(19)5-4-6-15(16)22-2/h4-8,10,18-19H,3,9H2,1-2H3. The van der Waals surface area contributed by atoms with Crippen molar-refractivity contribution in [1.82, 2.24) is 4.72 Å². The molecule has 2 rings (SSSR count). The SMILES string of the molecule is CCCNS(=O)(=O)c1ccc(-c2c(O)cccc2OC)c(F)c1. The number of phenolic OH excluding ortho intramolecular Hbond substituents is 1. The van der Waals surface area contributed by atoms with Gasteiger partial charge in [0.15, 0.2) is 0 Å². The van der Waals surface area contributed by atoms with Crippen LogP contribution >= 0.6 is 0 Å². The summed E-state index contributed by atoms with van der Waals surface area (Å²) in [7, 11) is -2.35. The van der Waals surface area contributed by atoms with Crippen molar-refractivity contribution in [1.29, 1.82) is 0 Å². The van der Waals surface area contributed by atoms with E-state index in [-0.39, 0.29) is 28.3 Å². The van der Waals surface area contributed by atoms with E-state index in [0.717, 1.165) is 6.07 Å². The molecule has 0 atom stereocenters. The number of nitrogens with one attached hydrogen (secondary N) is 1. The van der Waals surface area contributed by atoms with Crippen LogP contribution in [0.3, 0.4) is 0 Å². The Bertz CT molecular complexity index is 806. The van der Waals surface area contributed by atoms with Gasteiger partial charge in [0.1, 0.15) is 17.3 Å². The molecule has 0 unspecified atom stereocenters. The average Bonchev–Trinajstić information content (AvgIpc) is 2.53. The summed E-state index contributed by atoms with van der Waals surface area (Å²) in [6, 6.07) is 8.10. The summed E-state index contributed by atoms with van der Waals surface area (Å²) in [6.45, 7) is 2.11. The predicted molar refractivity (Wildman–Crippen MR) is 85.5 cm³/mol. The first-order valence-electron chi connectivity index (χ1n) is 7.06. The van der Waals surface area contributed by atoms with Crippen molar-refractivity contribution in [3.63, 3.8) is 0 Å². The third-order valence-corrected chi connectivity index (χ3v) is 4.75. The Hall–Kier alpha value is -2.12. The molecule has 7 heteroatoms. The fraction of sp³-hybridized carbons (Fsp3) is 0.250. The molecular formula is C16H18FNO4S. The monoisotopic (exact) mass is 339 g/mol. The van der Waals surface area contributed by atoms with Gasteiger partial charge in [-0.3, -0.25) is 0 Å². The highest BCUT2D eigenvalue weighted by Gasteiger charge is 2.19. The fourth-order valence-electron chi connectivity index (χ4n) is 2.15. The molecule has 0 saturated heterocycles. The summed E-state index contributed by atoms with van der Waals surface area (Å²) in [5.74, 6) is -0.615. The van der Waals surface area contributed by atoms with Gasteiger partial charge in [0.05, 0.1) is 17.6 Å². The minimum Gasteiger partial charge on any atom is -0.507 e. The average molecular weight is 339 g/mol. The van der Waals surface area contributed by atoms with E-state index in [1.54, 1.807) is 12.1 Å². The molecule has 0 aliphatic rings. The highest BCUT2D eigenvalue weighted by molar-refractivity contribution is 7.89. The van der Waals surface area contributed by atoms with Crippen LogP contribution < -0.4 is 9.46 Å². The summed E-state index contributed by atoms with van der Waals surface area (Å²) in [6.07, 6.45) is 0.634. The minimum atomic E-state index is -3.75. The molecule has 0 radical (unpaired) electrons.